The molecule has 1 atom stereocenters. The second-order valence-electron chi connectivity index (χ2n) is 4.04. The summed E-state index contributed by atoms with van der Waals surface area (Å²) < 4.78 is 27.4. The summed E-state index contributed by atoms with van der Waals surface area (Å²) >= 11 is 4.90. The predicted octanol–water partition coefficient (Wildman–Crippen LogP) is 4.52. The van der Waals surface area contributed by atoms with Gasteiger partial charge in [0.15, 0.2) is 0 Å². The van der Waals surface area contributed by atoms with E-state index in [0.29, 0.717) is 11.3 Å². The third-order valence-electron chi connectivity index (χ3n) is 2.61. The highest BCUT2D eigenvalue weighted by Gasteiger charge is 2.12. The molecule has 2 N–H and O–H groups in total. The van der Waals surface area contributed by atoms with Gasteiger partial charge in [0.2, 0.25) is 0 Å². The van der Waals surface area contributed by atoms with E-state index in [0.717, 1.165) is 15.4 Å². The maximum Gasteiger partial charge on any atom is 0.130 e. The molecule has 100 valence electrons. The quantitative estimate of drug-likeness (QED) is 0.826. The van der Waals surface area contributed by atoms with Gasteiger partial charge in [-0.05, 0) is 30.3 Å². The van der Waals surface area contributed by atoms with Gasteiger partial charge in [0.05, 0.1) is 0 Å². The number of benzene rings is 2. The minimum atomic E-state index is -0.594. The molecule has 0 saturated heterocycles. The van der Waals surface area contributed by atoms with Gasteiger partial charge in [-0.1, -0.05) is 22.0 Å². The van der Waals surface area contributed by atoms with E-state index in [1.807, 2.05) is 24.3 Å². The Balaban J connectivity index is 2.01. The van der Waals surface area contributed by atoms with Crippen LogP contribution >= 0.6 is 27.7 Å². The normalized spacial score (nSPS) is 12.4. The zero-order valence-electron chi connectivity index (χ0n) is 9.95. The Morgan fingerprint density at radius 3 is 2.42 bits per heavy atom. The van der Waals surface area contributed by atoms with Crippen molar-refractivity contribution in [3.05, 3.63) is 64.1 Å². The summed E-state index contributed by atoms with van der Waals surface area (Å²) in [5.41, 5.74) is 6.27. The van der Waals surface area contributed by atoms with Crippen molar-refractivity contribution in [3.63, 3.8) is 0 Å². The van der Waals surface area contributed by atoms with Crippen molar-refractivity contribution in [2.24, 2.45) is 5.73 Å². The molecule has 2 aromatic rings. The highest BCUT2D eigenvalue weighted by atomic mass is 79.9. The van der Waals surface area contributed by atoms with Crippen molar-refractivity contribution in [2.45, 2.75) is 10.9 Å². The number of halogens is 3. The molecule has 0 radical (unpaired) electrons. The molecule has 0 aliphatic carbocycles. The maximum atomic E-state index is 13.5. The Labute approximate surface area is 123 Å². The van der Waals surface area contributed by atoms with Crippen LogP contribution in [-0.2, 0) is 0 Å². The molecule has 0 amide bonds. The summed E-state index contributed by atoms with van der Waals surface area (Å²) in [4.78, 5) is 1.06. The standard InChI is InChI=1S/C14H12BrF2NS/c15-9-1-4-11(5-2-9)19-8-14(18)12-6-3-10(16)7-13(12)17/h1-7,14H,8,18H2. The number of thioether (sulfide) groups is 1. The highest BCUT2D eigenvalue weighted by Crippen LogP contribution is 2.26. The van der Waals surface area contributed by atoms with E-state index in [4.69, 9.17) is 5.73 Å². The van der Waals surface area contributed by atoms with Gasteiger partial charge in [-0.15, -0.1) is 11.8 Å². The van der Waals surface area contributed by atoms with Gasteiger partial charge < -0.3 is 5.73 Å². The Hall–Kier alpha value is -0.910. The monoisotopic (exact) mass is 343 g/mol. The van der Waals surface area contributed by atoms with Crippen LogP contribution in [-0.4, -0.2) is 5.75 Å². The average Bonchev–Trinajstić information content (AvgIpc) is 2.37. The SMILES string of the molecule is NC(CSc1ccc(Br)cc1)c1ccc(F)cc1F. The zero-order chi connectivity index (χ0) is 13.8. The summed E-state index contributed by atoms with van der Waals surface area (Å²) in [5, 5.41) is 0. The second-order valence-corrected chi connectivity index (χ2v) is 6.05. The van der Waals surface area contributed by atoms with Crippen molar-refractivity contribution in [2.75, 3.05) is 5.75 Å². The molecule has 0 spiro atoms. The maximum absolute atomic E-state index is 13.5. The van der Waals surface area contributed by atoms with Crippen LogP contribution < -0.4 is 5.73 Å². The number of rotatable bonds is 4. The van der Waals surface area contributed by atoms with Crippen molar-refractivity contribution in [1.29, 1.82) is 0 Å². The molecule has 0 bridgehead atoms. The Morgan fingerprint density at radius 2 is 1.79 bits per heavy atom. The van der Waals surface area contributed by atoms with E-state index in [2.05, 4.69) is 15.9 Å². The van der Waals surface area contributed by atoms with Gasteiger partial charge in [0.1, 0.15) is 11.6 Å². The van der Waals surface area contributed by atoms with Crippen LogP contribution in [0.3, 0.4) is 0 Å². The number of hydrogen-bond donors (Lipinski definition) is 1. The molecule has 5 heteroatoms. The number of nitrogens with two attached hydrogens (primary N) is 1. The summed E-state index contributed by atoms with van der Waals surface area (Å²) in [5.74, 6) is -0.651. The third kappa shape index (κ3) is 4.03. The van der Waals surface area contributed by atoms with E-state index in [9.17, 15) is 8.78 Å². The van der Waals surface area contributed by atoms with Gasteiger partial charge >= 0.3 is 0 Å². The van der Waals surface area contributed by atoms with Gasteiger partial charge in [-0.25, -0.2) is 8.78 Å². The lowest BCUT2D eigenvalue weighted by Crippen LogP contribution is -2.14. The topological polar surface area (TPSA) is 26.0 Å². The van der Waals surface area contributed by atoms with Crippen LogP contribution in [0.4, 0.5) is 8.78 Å². The Morgan fingerprint density at radius 1 is 1.11 bits per heavy atom. The molecule has 0 aliphatic heterocycles. The van der Waals surface area contributed by atoms with Crippen LogP contribution in [0, 0.1) is 11.6 Å². The second kappa shape index (κ2) is 6.50. The van der Waals surface area contributed by atoms with Crippen molar-refractivity contribution >= 4 is 27.7 Å². The lowest BCUT2D eigenvalue weighted by atomic mass is 10.1. The fourth-order valence-corrected chi connectivity index (χ4v) is 2.75. The van der Waals surface area contributed by atoms with E-state index in [1.165, 1.54) is 23.9 Å². The first-order valence-electron chi connectivity index (χ1n) is 5.65. The van der Waals surface area contributed by atoms with Gasteiger partial charge in [-0.2, -0.15) is 0 Å². The fourth-order valence-electron chi connectivity index (χ4n) is 1.61. The van der Waals surface area contributed by atoms with E-state index >= 15 is 0 Å². The molecule has 0 fully saturated rings. The molecule has 0 saturated carbocycles. The smallest absolute Gasteiger partial charge is 0.130 e. The van der Waals surface area contributed by atoms with Crippen LogP contribution in [0.25, 0.3) is 0 Å². The molecule has 2 aromatic carbocycles. The largest absolute Gasteiger partial charge is 0.323 e. The molecule has 2 rings (SSSR count). The highest BCUT2D eigenvalue weighted by molar-refractivity contribution is 9.10. The van der Waals surface area contributed by atoms with Crippen LogP contribution in [0.1, 0.15) is 11.6 Å². The average molecular weight is 344 g/mol. The molecule has 1 nitrogen and oxygen atoms in total. The lowest BCUT2D eigenvalue weighted by Gasteiger charge is -2.12. The minimum absolute atomic E-state index is 0.339. The van der Waals surface area contributed by atoms with Crippen molar-refractivity contribution in [1.82, 2.24) is 0 Å². The van der Waals surface area contributed by atoms with Crippen LogP contribution in [0.2, 0.25) is 0 Å². The van der Waals surface area contributed by atoms with Crippen LogP contribution in [0.5, 0.6) is 0 Å². The first-order valence-corrected chi connectivity index (χ1v) is 7.43. The first-order chi connectivity index (χ1) is 9.06. The molecule has 0 heterocycles. The molecular formula is C14H12BrF2NS. The van der Waals surface area contributed by atoms with E-state index in [-0.39, 0.29) is 0 Å². The predicted molar refractivity (Wildman–Crippen MR) is 78.2 cm³/mol. The molecular weight excluding hydrogens is 332 g/mol. The molecule has 19 heavy (non-hydrogen) atoms. The van der Waals surface area contributed by atoms with Crippen molar-refractivity contribution in [3.8, 4) is 0 Å². The van der Waals surface area contributed by atoms with E-state index in [1.54, 1.807) is 0 Å². The molecule has 0 aromatic heterocycles. The summed E-state index contributed by atoms with van der Waals surface area (Å²) in [6, 6.07) is 10.8. The zero-order valence-corrected chi connectivity index (χ0v) is 12.3. The first kappa shape index (κ1) is 14.5. The fraction of sp³-hybridized carbons (Fsp3) is 0.143. The number of hydrogen-bond acceptors (Lipinski definition) is 2. The molecule has 1 unspecified atom stereocenters. The van der Waals surface area contributed by atoms with Crippen molar-refractivity contribution < 1.29 is 8.78 Å². The van der Waals surface area contributed by atoms with Gasteiger partial charge in [0.25, 0.3) is 0 Å². The lowest BCUT2D eigenvalue weighted by molar-refractivity contribution is 0.563. The summed E-state index contributed by atoms with van der Waals surface area (Å²) in [6.45, 7) is 0. The van der Waals surface area contributed by atoms with E-state index < -0.39 is 17.7 Å². The Bertz CT molecular complexity index is 560. The minimum Gasteiger partial charge on any atom is -0.323 e. The molecule has 0 aliphatic rings. The van der Waals surface area contributed by atoms with Gasteiger partial charge in [-0.3, -0.25) is 0 Å². The van der Waals surface area contributed by atoms with Gasteiger partial charge in [0, 0.05) is 32.8 Å². The third-order valence-corrected chi connectivity index (χ3v) is 4.27. The van der Waals surface area contributed by atoms with Crippen LogP contribution in [0.15, 0.2) is 51.8 Å². The Kier molecular flexibility index (Phi) is 4.96. The summed E-state index contributed by atoms with van der Waals surface area (Å²) in [7, 11) is 0. The summed E-state index contributed by atoms with van der Waals surface area (Å²) in [6.07, 6.45) is 0.